The van der Waals surface area contributed by atoms with Gasteiger partial charge in [-0.15, -0.1) is 0 Å². The van der Waals surface area contributed by atoms with Gasteiger partial charge in [0.1, 0.15) is 0 Å². The molecule has 0 radical (unpaired) electrons. The van der Waals surface area contributed by atoms with E-state index in [4.69, 9.17) is 0 Å². The number of benzene rings is 2. The van der Waals surface area contributed by atoms with Gasteiger partial charge in [0.25, 0.3) is 5.24 Å². The first-order chi connectivity index (χ1) is 12.0. The van der Waals surface area contributed by atoms with E-state index in [0.717, 1.165) is 28.5 Å². The normalized spacial score (nSPS) is 16.6. The van der Waals surface area contributed by atoms with Crippen LogP contribution in [0.2, 0.25) is 0 Å². The zero-order valence-electron chi connectivity index (χ0n) is 13.7. The number of carbonyl (C=O) groups is 3. The average Bonchev–Trinajstić information content (AvgIpc) is 2.89. The fourth-order valence-electron chi connectivity index (χ4n) is 2.65. The first-order valence-electron chi connectivity index (χ1n) is 7.96. The van der Waals surface area contributed by atoms with Gasteiger partial charge in [-0.25, -0.2) is 0 Å². The number of nitrogens with one attached hydrogen (secondary N) is 2. The van der Waals surface area contributed by atoms with Gasteiger partial charge in [0, 0.05) is 5.69 Å². The summed E-state index contributed by atoms with van der Waals surface area (Å²) in [5.74, 6) is -0.316. The second-order valence-electron chi connectivity index (χ2n) is 5.94. The second kappa shape index (κ2) is 7.53. The van der Waals surface area contributed by atoms with Crippen molar-refractivity contribution in [1.82, 2.24) is 5.32 Å². The lowest BCUT2D eigenvalue weighted by Crippen LogP contribution is -2.25. The van der Waals surface area contributed by atoms with E-state index in [1.807, 2.05) is 55.5 Å². The first kappa shape index (κ1) is 17.2. The van der Waals surface area contributed by atoms with Gasteiger partial charge in [-0.2, -0.15) is 0 Å². The Bertz CT molecular complexity index is 818. The Balaban J connectivity index is 1.57. The number of rotatable bonds is 5. The molecule has 128 valence electrons. The largest absolute Gasteiger partial charge is 0.326 e. The molecular weight excluding hydrogens is 336 g/mol. The third-order valence-corrected chi connectivity index (χ3v) is 5.02. The lowest BCUT2D eigenvalue weighted by Gasteiger charge is -2.09. The summed E-state index contributed by atoms with van der Waals surface area (Å²) < 4.78 is 0. The van der Waals surface area contributed by atoms with Crippen molar-refractivity contribution in [2.75, 3.05) is 5.32 Å². The number of hydrogen-bond acceptors (Lipinski definition) is 4. The lowest BCUT2D eigenvalue weighted by molar-refractivity contribution is -0.119. The highest BCUT2D eigenvalue weighted by Crippen LogP contribution is 2.23. The zero-order chi connectivity index (χ0) is 17.8. The van der Waals surface area contributed by atoms with E-state index in [1.54, 1.807) is 0 Å². The minimum Gasteiger partial charge on any atom is -0.326 e. The van der Waals surface area contributed by atoms with Gasteiger partial charge < -0.3 is 5.32 Å². The molecule has 1 saturated heterocycles. The molecule has 25 heavy (non-hydrogen) atoms. The molecule has 2 N–H and O–H groups in total. The fraction of sp³-hybridized carbons (Fsp3) is 0.211. The van der Waals surface area contributed by atoms with Gasteiger partial charge in [-0.05, 0) is 42.2 Å². The highest BCUT2D eigenvalue weighted by molar-refractivity contribution is 8.15. The number of amides is 3. The Morgan fingerprint density at radius 3 is 2.48 bits per heavy atom. The van der Waals surface area contributed by atoms with Crippen LogP contribution in [0.3, 0.4) is 0 Å². The van der Waals surface area contributed by atoms with Gasteiger partial charge in [-0.3, -0.25) is 19.7 Å². The number of anilines is 1. The van der Waals surface area contributed by atoms with Gasteiger partial charge >= 0.3 is 0 Å². The molecule has 1 heterocycles. The number of aryl methyl sites for hydroxylation is 1. The number of carbonyl (C=O) groups excluding carboxylic acids is 3. The summed E-state index contributed by atoms with van der Waals surface area (Å²) in [5, 5.41) is 4.48. The highest BCUT2D eigenvalue weighted by atomic mass is 32.2. The topological polar surface area (TPSA) is 75.3 Å². The summed E-state index contributed by atoms with van der Waals surface area (Å²) in [6.07, 6.45) is 0.815. The Morgan fingerprint density at radius 1 is 1.12 bits per heavy atom. The minimum atomic E-state index is -0.381. The molecule has 2 aromatic carbocycles. The van der Waals surface area contributed by atoms with E-state index in [2.05, 4.69) is 10.6 Å². The predicted octanol–water partition coefficient (Wildman–Crippen LogP) is 3.07. The van der Waals surface area contributed by atoms with Crippen molar-refractivity contribution in [2.45, 2.75) is 25.0 Å². The van der Waals surface area contributed by atoms with E-state index in [-0.39, 0.29) is 22.3 Å². The van der Waals surface area contributed by atoms with E-state index in [9.17, 15) is 14.4 Å². The molecule has 0 bridgehead atoms. The molecule has 5 nitrogen and oxygen atoms in total. The molecule has 3 amide bonds. The summed E-state index contributed by atoms with van der Waals surface area (Å²) in [7, 11) is 0. The Hall–Kier alpha value is -2.60. The van der Waals surface area contributed by atoms with Crippen LogP contribution in [-0.2, 0) is 22.4 Å². The molecule has 6 heteroatoms. The average molecular weight is 354 g/mol. The van der Waals surface area contributed by atoms with E-state index >= 15 is 0 Å². The summed E-state index contributed by atoms with van der Waals surface area (Å²) in [4.78, 5) is 35.0. The van der Waals surface area contributed by atoms with Gasteiger partial charge in [0.15, 0.2) is 0 Å². The first-order valence-corrected chi connectivity index (χ1v) is 8.84. The number of thioether (sulfide) groups is 1. The van der Waals surface area contributed by atoms with Crippen molar-refractivity contribution in [3.63, 3.8) is 0 Å². The molecule has 1 fully saturated rings. The lowest BCUT2D eigenvalue weighted by atomic mass is 10.1. The van der Waals surface area contributed by atoms with Crippen molar-refractivity contribution in [2.24, 2.45) is 0 Å². The van der Waals surface area contributed by atoms with Crippen molar-refractivity contribution in [3.8, 4) is 0 Å². The molecule has 1 aliphatic heterocycles. The van der Waals surface area contributed by atoms with Crippen LogP contribution < -0.4 is 10.6 Å². The van der Waals surface area contributed by atoms with E-state index < -0.39 is 0 Å². The summed E-state index contributed by atoms with van der Waals surface area (Å²) in [6, 6.07) is 15.1. The molecular formula is C19H18N2O3S. The minimum absolute atomic E-state index is 0.0710. The fourth-order valence-corrected chi connectivity index (χ4v) is 3.51. The summed E-state index contributed by atoms with van der Waals surface area (Å²) in [5.41, 5.74) is 3.75. The quantitative estimate of drug-likeness (QED) is 0.865. The standard InChI is InChI=1S/C19H18N2O3S/c1-12-4-2-3-5-14(12)11-17(22)20-15-8-6-13(7-9-15)10-16-18(23)21-19(24)25-16/h2-9,16H,10-11H2,1H3,(H,20,22)(H,21,23,24). The van der Waals surface area contributed by atoms with E-state index in [0.29, 0.717) is 18.5 Å². The maximum Gasteiger partial charge on any atom is 0.286 e. The Kier molecular flexibility index (Phi) is 5.19. The van der Waals surface area contributed by atoms with Crippen molar-refractivity contribution < 1.29 is 14.4 Å². The van der Waals surface area contributed by atoms with Gasteiger partial charge in [0.2, 0.25) is 11.8 Å². The molecule has 2 aromatic rings. The maximum atomic E-state index is 12.2. The van der Waals surface area contributed by atoms with Crippen LogP contribution in [-0.4, -0.2) is 22.3 Å². The molecule has 0 aliphatic carbocycles. The molecule has 1 aliphatic rings. The monoisotopic (exact) mass is 354 g/mol. The highest BCUT2D eigenvalue weighted by Gasteiger charge is 2.31. The predicted molar refractivity (Wildman–Crippen MR) is 98.6 cm³/mol. The molecule has 0 aromatic heterocycles. The van der Waals surface area contributed by atoms with Crippen LogP contribution in [0.25, 0.3) is 0 Å². The molecule has 3 rings (SSSR count). The van der Waals surface area contributed by atoms with Crippen LogP contribution in [0, 0.1) is 6.92 Å². The number of hydrogen-bond donors (Lipinski definition) is 2. The SMILES string of the molecule is Cc1ccccc1CC(=O)Nc1ccc(CC2SC(=O)NC2=O)cc1. The second-order valence-corrected chi connectivity index (χ2v) is 7.11. The van der Waals surface area contributed by atoms with Crippen LogP contribution >= 0.6 is 11.8 Å². The third-order valence-electron chi connectivity index (χ3n) is 4.04. The Labute approximate surface area is 150 Å². The van der Waals surface area contributed by atoms with Crippen LogP contribution in [0.4, 0.5) is 10.5 Å². The molecule has 0 saturated carbocycles. The van der Waals surface area contributed by atoms with Crippen molar-refractivity contribution in [1.29, 1.82) is 0 Å². The smallest absolute Gasteiger partial charge is 0.286 e. The van der Waals surface area contributed by atoms with Crippen molar-refractivity contribution in [3.05, 3.63) is 65.2 Å². The van der Waals surface area contributed by atoms with Gasteiger partial charge in [0.05, 0.1) is 11.7 Å². The molecule has 1 unspecified atom stereocenters. The van der Waals surface area contributed by atoms with E-state index in [1.165, 1.54) is 0 Å². The van der Waals surface area contributed by atoms with Gasteiger partial charge in [-0.1, -0.05) is 48.2 Å². The van der Waals surface area contributed by atoms with Crippen LogP contribution in [0.15, 0.2) is 48.5 Å². The zero-order valence-corrected chi connectivity index (χ0v) is 14.6. The summed E-state index contributed by atoms with van der Waals surface area (Å²) in [6.45, 7) is 1.99. The van der Waals surface area contributed by atoms with Crippen LogP contribution in [0.5, 0.6) is 0 Å². The Morgan fingerprint density at radius 2 is 1.84 bits per heavy atom. The summed E-state index contributed by atoms with van der Waals surface area (Å²) >= 11 is 1.02. The molecule has 0 spiro atoms. The molecule has 1 atom stereocenters. The van der Waals surface area contributed by atoms with Crippen LogP contribution in [0.1, 0.15) is 16.7 Å². The third kappa shape index (κ3) is 4.48. The number of imide groups is 1. The van der Waals surface area contributed by atoms with Crippen molar-refractivity contribution >= 4 is 34.5 Å². The maximum absolute atomic E-state index is 12.2.